The highest BCUT2D eigenvalue weighted by molar-refractivity contribution is 8.24. The van der Waals surface area contributed by atoms with Crippen LogP contribution in [0.1, 0.15) is 55.4 Å². The van der Waals surface area contributed by atoms with Crippen molar-refractivity contribution in [2.24, 2.45) is 5.92 Å². The number of aliphatic hydroxyl groups is 1. The van der Waals surface area contributed by atoms with Gasteiger partial charge in [-0.05, 0) is 37.0 Å². The summed E-state index contributed by atoms with van der Waals surface area (Å²) in [5.74, 6) is -0.215. The molecule has 1 N–H and O–H groups in total. The lowest BCUT2D eigenvalue weighted by molar-refractivity contribution is -0.137. The molecule has 1 aliphatic heterocycles. The van der Waals surface area contributed by atoms with Crippen LogP contribution in [0.15, 0.2) is 65.1 Å². The first-order chi connectivity index (χ1) is 18.6. The summed E-state index contributed by atoms with van der Waals surface area (Å²) in [4.78, 5) is 27.0. The number of hydrogen-bond acceptors (Lipinski definition) is 6. The quantitative estimate of drug-likeness (QED) is 0.284. The molecule has 1 fully saturated rings. The number of benzene rings is 2. The maximum absolute atomic E-state index is 13.4. The Morgan fingerprint density at radius 1 is 1.26 bits per heavy atom. The summed E-state index contributed by atoms with van der Waals surface area (Å²) in [7, 11) is 2.20. The predicted molar refractivity (Wildman–Crippen MR) is 159 cm³/mol. The zero-order valence-corrected chi connectivity index (χ0v) is 24.9. The summed E-state index contributed by atoms with van der Waals surface area (Å²) in [5, 5.41) is 11.2. The van der Waals surface area contributed by atoms with E-state index in [9.17, 15) is 14.7 Å². The number of cyclic esters (lactones) is 1. The van der Waals surface area contributed by atoms with Gasteiger partial charge >= 0.3 is 7.37 Å². The van der Waals surface area contributed by atoms with Crippen molar-refractivity contribution in [1.82, 2.24) is 4.90 Å². The molecule has 2 unspecified atom stereocenters. The second kappa shape index (κ2) is 14.6. The average molecular weight is 575 g/mol. The van der Waals surface area contributed by atoms with Crippen LogP contribution in [0.4, 0.5) is 4.79 Å². The number of furan rings is 1. The predicted octanol–water partition coefficient (Wildman–Crippen LogP) is 6.77. The fourth-order valence-corrected chi connectivity index (χ4v) is 4.54. The summed E-state index contributed by atoms with van der Waals surface area (Å²) in [6, 6.07) is 19.2. The third-order valence-corrected chi connectivity index (χ3v) is 6.58. The Morgan fingerprint density at radius 3 is 2.63 bits per heavy atom. The monoisotopic (exact) mass is 574 g/mol. The first-order valence-electron chi connectivity index (χ1n) is 13.2. The highest BCUT2D eigenvalue weighted by Crippen LogP contribution is 2.35. The topological polar surface area (TPSA) is 80.0 Å². The van der Waals surface area contributed by atoms with Gasteiger partial charge in [0.2, 0.25) is 5.91 Å². The fourth-order valence-electron chi connectivity index (χ4n) is 4.54. The molecule has 0 bridgehead atoms. The second-order valence-electron chi connectivity index (χ2n) is 9.43. The average Bonchev–Trinajstić information content (AvgIpc) is 3.50. The van der Waals surface area contributed by atoms with Crippen molar-refractivity contribution >= 4 is 39.7 Å². The van der Waals surface area contributed by atoms with Gasteiger partial charge in [-0.15, -0.1) is 0 Å². The molecule has 0 spiro atoms. The zero-order chi connectivity index (χ0) is 28.5. The van der Waals surface area contributed by atoms with Crippen LogP contribution >= 0.6 is 15.9 Å². The summed E-state index contributed by atoms with van der Waals surface area (Å²) in [6.45, 7) is 5.05. The maximum atomic E-state index is 13.4. The lowest BCUT2D eigenvalue weighted by atomic mass is 9.97. The molecule has 6 nitrogen and oxygen atoms in total. The Kier molecular flexibility index (Phi) is 11.0. The molecular formula is C29H36NO5P2S+. The molecule has 9 heteroatoms. The van der Waals surface area contributed by atoms with E-state index in [-0.39, 0.29) is 6.61 Å². The number of ether oxygens (including phenoxy) is 1. The van der Waals surface area contributed by atoms with Gasteiger partial charge < -0.3 is 14.3 Å². The molecule has 0 aliphatic carbocycles. The van der Waals surface area contributed by atoms with Gasteiger partial charge in [-0.2, -0.15) is 0 Å². The van der Waals surface area contributed by atoms with Crippen LogP contribution < -0.4 is 0 Å². The molecule has 5 atom stereocenters. The molecule has 1 saturated heterocycles. The minimum Gasteiger partial charge on any atom is -0.463 e. The summed E-state index contributed by atoms with van der Waals surface area (Å²) in [6.07, 6.45) is 1.36. The van der Waals surface area contributed by atoms with E-state index >= 15 is 0 Å². The van der Waals surface area contributed by atoms with E-state index in [1.54, 1.807) is 6.92 Å². The van der Waals surface area contributed by atoms with E-state index in [4.69, 9.17) is 10.4 Å². The van der Waals surface area contributed by atoms with Crippen LogP contribution in [-0.4, -0.2) is 35.9 Å². The third kappa shape index (κ3) is 7.57. The van der Waals surface area contributed by atoms with Crippen molar-refractivity contribution in [3.8, 4) is 11.1 Å². The summed E-state index contributed by atoms with van der Waals surface area (Å²) >= 11 is 4.31. The Bertz CT molecular complexity index is 1280. The number of imide groups is 1. The van der Waals surface area contributed by atoms with Crippen molar-refractivity contribution < 1.29 is 23.8 Å². The Balaban J connectivity index is 0.000000983. The normalized spacial score (nSPS) is 17.1. The molecule has 0 radical (unpaired) electrons. The lowest BCUT2D eigenvalue weighted by Gasteiger charge is -2.25. The largest absolute Gasteiger partial charge is 0.463 e. The van der Waals surface area contributed by atoms with Crippen molar-refractivity contribution in [3.63, 3.8) is 0 Å². The van der Waals surface area contributed by atoms with Crippen molar-refractivity contribution in [3.05, 3.63) is 83.3 Å². The Morgan fingerprint density at radius 2 is 1.97 bits per heavy atom. The first-order valence-corrected chi connectivity index (χ1v) is 16.3. The zero-order valence-electron chi connectivity index (χ0n) is 23.0. The fraction of sp³-hybridized carbons (Fsp3) is 0.379. The molecule has 0 saturated carbocycles. The van der Waals surface area contributed by atoms with E-state index in [0.29, 0.717) is 12.2 Å². The molecular weight excluding hydrogens is 536 g/mol. The Labute approximate surface area is 235 Å². The van der Waals surface area contributed by atoms with Crippen molar-refractivity contribution in [1.29, 1.82) is 1.28 Å². The minimum atomic E-state index is -1.19. The number of carbonyl (C=O) groups excluding carboxylic acids is 2. The van der Waals surface area contributed by atoms with Crippen molar-refractivity contribution in [2.75, 3.05) is 6.61 Å². The number of amides is 2. The number of hydrogen-bond donors (Lipinski definition) is 1. The number of nitrogens with zero attached hydrogens (tertiary/aromatic N) is 1. The molecule has 3 aromatic rings. The second-order valence-corrected chi connectivity index (χ2v) is 12.2. The van der Waals surface area contributed by atoms with Crippen molar-refractivity contribution in [2.45, 2.75) is 58.6 Å². The van der Waals surface area contributed by atoms with Crippen LogP contribution in [0.3, 0.4) is 0 Å². The van der Waals surface area contributed by atoms with E-state index in [2.05, 4.69) is 33.7 Å². The maximum Gasteiger partial charge on any atom is 0.416 e. The summed E-state index contributed by atoms with van der Waals surface area (Å²) in [5.41, 5.74) is 4.09. The SMILES string of the molecule is CCCCc1oc([C@@H](O)[C@H](C)C(=O)N2C(=O)OC[C@@H]2Cc2ccccc2)cc1-c1cccc(C)c1.[3H][P+](P)=S. The molecule has 2 amide bonds. The molecule has 1 aromatic heterocycles. The van der Waals surface area contributed by atoms with E-state index in [1.165, 1.54) is 0 Å². The van der Waals surface area contributed by atoms with Gasteiger partial charge in [0.15, 0.2) is 18.8 Å². The highest BCUT2D eigenvalue weighted by Gasteiger charge is 2.42. The molecule has 2 aromatic carbocycles. The number of aryl methyl sites for hydroxylation is 2. The van der Waals surface area contributed by atoms with Crippen LogP contribution in [0, 0.1) is 12.8 Å². The summed E-state index contributed by atoms with van der Waals surface area (Å²) < 4.78 is 17.7. The Hall–Kier alpha value is -2.43. The van der Waals surface area contributed by atoms with Gasteiger partial charge in [-0.3, -0.25) is 4.79 Å². The minimum absolute atomic E-state index is 0.141. The van der Waals surface area contributed by atoms with Gasteiger partial charge in [0.1, 0.15) is 24.2 Å². The smallest absolute Gasteiger partial charge is 0.416 e. The van der Waals surface area contributed by atoms with Gasteiger partial charge in [0.05, 0.1) is 20.9 Å². The molecule has 202 valence electrons. The lowest BCUT2D eigenvalue weighted by Crippen LogP contribution is -2.44. The highest BCUT2D eigenvalue weighted by atomic mass is 32.6. The number of carbonyl (C=O) groups is 2. The van der Waals surface area contributed by atoms with E-state index < -0.39 is 37.1 Å². The third-order valence-electron chi connectivity index (χ3n) is 6.58. The van der Waals surface area contributed by atoms with Gasteiger partial charge in [0.25, 0.3) is 0 Å². The molecule has 2 heterocycles. The number of unbranched alkanes of at least 4 members (excludes halogenated alkanes) is 1. The number of aliphatic hydroxyl groups excluding tert-OH is 1. The van der Waals surface area contributed by atoms with E-state index in [1.807, 2.05) is 61.5 Å². The number of rotatable bonds is 9. The molecule has 38 heavy (non-hydrogen) atoms. The van der Waals surface area contributed by atoms with Crippen LogP contribution in [-0.2, 0) is 34.2 Å². The van der Waals surface area contributed by atoms with Gasteiger partial charge in [-0.1, -0.05) is 80.4 Å². The van der Waals surface area contributed by atoms with Gasteiger partial charge in [-0.25, -0.2) is 9.69 Å². The van der Waals surface area contributed by atoms with E-state index in [0.717, 1.165) is 52.2 Å². The van der Waals surface area contributed by atoms with Crippen LogP contribution in [0.25, 0.3) is 11.1 Å². The molecule has 4 rings (SSSR count). The van der Waals surface area contributed by atoms with Gasteiger partial charge in [0, 0.05) is 12.0 Å². The first kappa shape index (κ1) is 28.6. The van der Waals surface area contributed by atoms with Crippen LogP contribution in [0.5, 0.6) is 0 Å². The molecule has 1 aliphatic rings. The standard InChI is InChI=1S/C29H33NO5.H2P2S/c1-4-5-14-25-24(22-13-9-10-19(2)15-22)17-26(35-25)27(31)20(3)28(32)30-23(18-34-29(30)33)16-21-11-7-6-8-12-21;1-2-3/h6-13,15,17,20,23,27,31H,4-5,14,16,18H2,1-3H3;1H2/p+1/t20-,23-,27-;/m0./s1/i/hT. The van der Waals surface area contributed by atoms with Crippen LogP contribution in [0.2, 0.25) is 0 Å².